The number of hydrogen-bond acceptors (Lipinski definition) is 6. The number of benzene rings is 2. The fourth-order valence-electron chi connectivity index (χ4n) is 4.37. The largest absolute Gasteiger partial charge is 0.507 e. The Morgan fingerprint density at radius 1 is 1.09 bits per heavy atom. The first kappa shape index (κ1) is 20.1. The van der Waals surface area contributed by atoms with Crippen LogP contribution in [0.4, 0.5) is 5.82 Å². The lowest BCUT2D eigenvalue weighted by molar-refractivity contribution is 0.0906. The van der Waals surface area contributed by atoms with E-state index in [1.807, 2.05) is 37.3 Å². The van der Waals surface area contributed by atoms with Gasteiger partial charge in [0.05, 0.1) is 11.1 Å². The molecule has 0 radical (unpaired) electrons. The maximum atomic E-state index is 13.1. The number of phenols is 1. The first-order chi connectivity index (χ1) is 15.6. The van der Waals surface area contributed by atoms with Crippen molar-refractivity contribution in [3.8, 4) is 17.1 Å². The number of carbonyl (C=O) groups is 1. The van der Waals surface area contributed by atoms with Crippen LogP contribution in [0.2, 0.25) is 0 Å². The maximum Gasteiger partial charge on any atom is 0.169 e. The Balaban J connectivity index is 1.57. The van der Waals surface area contributed by atoms with Gasteiger partial charge in [-0.25, -0.2) is 9.97 Å². The highest BCUT2D eigenvalue weighted by Gasteiger charge is 2.29. The number of para-hydroxylation sites is 1. The van der Waals surface area contributed by atoms with E-state index in [1.54, 1.807) is 30.6 Å². The number of phenolic OH excluding ortho intramolecular Hbond substituents is 1. The van der Waals surface area contributed by atoms with Crippen LogP contribution in [-0.2, 0) is 0 Å². The molecule has 1 saturated heterocycles. The van der Waals surface area contributed by atoms with Gasteiger partial charge in [-0.2, -0.15) is 0 Å². The molecule has 2 aromatic heterocycles. The van der Waals surface area contributed by atoms with Crippen LogP contribution in [0.1, 0.15) is 28.8 Å². The molecule has 1 unspecified atom stereocenters. The average molecular weight is 425 g/mol. The molecule has 2 aromatic carbocycles. The fraction of sp³-hybridized carbons (Fsp3) is 0.231. The van der Waals surface area contributed by atoms with E-state index in [4.69, 9.17) is 9.97 Å². The highest BCUT2D eigenvalue weighted by atomic mass is 16.3. The molecule has 160 valence electrons. The van der Waals surface area contributed by atoms with Gasteiger partial charge in [-0.05, 0) is 61.7 Å². The van der Waals surface area contributed by atoms with Gasteiger partial charge < -0.3 is 10.0 Å². The molecule has 32 heavy (non-hydrogen) atoms. The first-order valence-electron chi connectivity index (χ1n) is 10.9. The minimum atomic E-state index is -0.114. The summed E-state index contributed by atoms with van der Waals surface area (Å²) in [5.41, 5.74) is 3.18. The van der Waals surface area contributed by atoms with Crippen molar-refractivity contribution in [3.63, 3.8) is 0 Å². The normalized spacial score (nSPS) is 16.3. The van der Waals surface area contributed by atoms with Gasteiger partial charge >= 0.3 is 0 Å². The molecule has 0 spiro atoms. The third-order valence-corrected chi connectivity index (χ3v) is 6.02. The summed E-state index contributed by atoms with van der Waals surface area (Å²) in [5.74, 6) is 1.44. The van der Waals surface area contributed by atoms with Crippen molar-refractivity contribution >= 4 is 22.5 Å². The summed E-state index contributed by atoms with van der Waals surface area (Å²) in [6, 6.07) is 16.9. The molecule has 6 nitrogen and oxygen atoms in total. The van der Waals surface area contributed by atoms with E-state index < -0.39 is 0 Å². The fourth-order valence-corrected chi connectivity index (χ4v) is 4.37. The van der Waals surface area contributed by atoms with E-state index in [9.17, 15) is 9.90 Å². The smallest absolute Gasteiger partial charge is 0.169 e. The van der Waals surface area contributed by atoms with E-state index in [2.05, 4.69) is 16.0 Å². The quantitative estimate of drug-likeness (QED) is 0.474. The number of pyridine rings is 1. The van der Waals surface area contributed by atoms with Crippen LogP contribution in [0, 0.1) is 12.8 Å². The number of aryl methyl sites for hydroxylation is 1. The topological polar surface area (TPSA) is 79.2 Å². The molecule has 5 rings (SSSR count). The molecule has 1 aliphatic rings. The second kappa shape index (κ2) is 8.38. The first-order valence-corrected chi connectivity index (χ1v) is 10.9. The minimum absolute atomic E-state index is 0.114. The number of rotatable bonds is 4. The zero-order valence-corrected chi connectivity index (χ0v) is 17.9. The summed E-state index contributed by atoms with van der Waals surface area (Å²) < 4.78 is 0. The van der Waals surface area contributed by atoms with Gasteiger partial charge in [0.2, 0.25) is 0 Å². The second-order valence-electron chi connectivity index (χ2n) is 8.30. The molecule has 3 heterocycles. The van der Waals surface area contributed by atoms with E-state index in [1.165, 1.54) is 0 Å². The Labute approximate surface area is 186 Å². The molecular formula is C26H24N4O2. The molecule has 1 aliphatic heterocycles. The third kappa shape index (κ3) is 3.80. The number of aromatic nitrogens is 3. The van der Waals surface area contributed by atoms with Gasteiger partial charge in [-0.1, -0.05) is 18.2 Å². The van der Waals surface area contributed by atoms with Crippen LogP contribution in [-0.4, -0.2) is 38.9 Å². The Bertz CT molecular complexity index is 1290. The van der Waals surface area contributed by atoms with Crippen LogP contribution in [0.25, 0.3) is 22.3 Å². The van der Waals surface area contributed by atoms with Gasteiger partial charge in [0.1, 0.15) is 11.6 Å². The molecule has 0 amide bonds. The summed E-state index contributed by atoms with van der Waals surface area (Å²) in [6.07, 6.45) is 5.07. The number of aromatic hydroxyl groups is 1. The van der Waals surface area contributed by atoms with Gasteiger partial charge in [-0.15, -0.1) is 0 Å². The van der Waals surface area contributed by atoms with Crippen molar-refractivity contribution < 1.29 is 9.90 Å². The van der Waals surface area contributed by atoms with Gasteiger partial charge in [0, 0.05) is 42.4 Å². The molecule has 1 atom stereocenters. The van der Waals surface area contributed by atoms with Crippen LogP contribution in [0.15, 0.2) is 67.0 Å². The zero-order chi connectivity index (χ0) is 22.1. The lowest BCUT2D eigenvalue weighted by Crippen LogP contribution is -2.39. The van der Waals surface area contributed by atoms with Crippen LogP contribution in [0.5, 0.6) is 5.75 Å². The van der Waals surface area contributed by atoms with Crippen molar-refractivity contribution in [2.45, 2.75) is 19.8 Å². The van der Waals surface area contributed by atoms with E-state index in [0.29, 0.717) is 23.5 Å². The van der Waals surface area contributed by atoms with E-state index in [-0.39, 0.29) is 17.5 Å². The Morgan fingerprint density at radius 3 is 2.78 bits per heavy atom. The lowest BCUT2D eigenvalue weighted by Gasteiger charge is -2.33. The molecule has 0 bridgehead atoms. The monoisotopic (exact) mass is 424 g/mol. The number of piperidine rings is 1. The van der Waals surface area contributed by atoms with Crippen molar-refractivity contribution in [1.29, 1.82) is 0 Å². The van der Waals surface area contributed by atoms with Crippen molar-refractivity contribution in [3.05, 3.63) is 78.1 Å². The van der Waals surface area contributed by atoms with Gasteiger partial charge in [-0.3, -0.25) is 9.78 Å². The maximum absolute atomic E-state index is 13.1. The Kier molecular flexibility index (Phi) is 5.27. The summed E-state index contributed by atoms with van der Waals surface area (Å²) >= 11 is 0. The molecular weight excluding hydrogens is 400 g/mol. The summed E-state index contributed by atoms with van der Waals surface area (Å²) in [4.78, 5) is 29.0. The Hall–Kier alpha value is -3.80. The molecule has 0 aliphatic carbocycles. The molecule has 1 fully saturated rings. The van der Waals surface area contributed by atoms with Crippen LogP contribution in [0.3, 0.4) is 0 Å². The van der Waals surface area contributed by atoms with Crippen LogP contribution >= 0.6 is 0 Å². The molecule has 1 N–H and O–H groups in total. The highest BCUT2D eigenvalue weighted by molar-refractivity contribution is 5.98. The minimum Gasteiger partial charge on any atom is -0.507 e. The third-order valence-electron chi connectivity index (χ3n) is 6.02. The number of fused-ring (bicyclic) bond motifs is 1. The molecule has 6 heteroatoms. The Morgan fingerprint density at radius 2 is 1.97 bits per heavy atom. The van der Waals surface area contributed by atoms with Crippen molar-refractivity contribution in [1.82, 2.24) is 15.0 Å². The number of anilines is 1. The van der Waals surface area contributed by atoms with Gasteiger partial charge in [0.25, 0.3) is 0 Å². The number of Topliss-reactive ketones (excluding diaryl/α,β-unsaturated/α-hetero) is 1. The van der Waals surface area contributed by atoms with Gasteiger partial charge in [0.15, 0.2) is 11.6 Å². The number of ketones is 1. The van der Waals surface area contributed by atoms with Crippen LogP contribution < -0.4 is 4.90 Å². The molecule has 4 aromatic rings. The predicted octanol–water partition coefficient (Wildman–Crippen LogP) is 4.81. The standard InChI is InChI=1S/C26H24N4O2/c1-17-10-11-20-22(14-17)28-25(21-8-2-3-9-23(21)31)29-26(20)30-13-5-7-19(16-30)24(32)18-6-4-12-27-15-18/h2-4,6,8-12,14-15,19,31H,5,7,13,16H2,1H3. The molecule has 0 saturated carbocycles. The van der Waals surface area contributed by atoms with Crippen molar-refractivity contribution in [2.75, 3.05) is 18.0 Å². The lowest BCUT2D eigenvalue weighted by atomic mass is 9.90. The summed E-state index contributed by atoms with van der Waals surface area (Å²) in [7, 11) is 0. The van der Waals surface area contributed by atoms with E-state index >= 15 is 0 Å². The zero-order valence-electron chi connectivity index (χ0n) is 17.9. The second-order valence-corrected chi connectivity index (χ2v) is 8.30. The SMILES string of the molecule is Cc1ccc2c(N3CCCC(C(=O)c4cccnc4)C3)nc(-c3ccccc3O)nc2c1. The highest BCUT2D eigenvalue weighted by Crippen LogP contribution is 2.34. The van der Waals surface area contributed by atoms with E-state index in [0.717, 1.165) is 41.7 Å². The van der Waals surface area contributed by atoms with Crippen molar-refractivity contribution in [2.24, 2.45) is 5.92 Å². The summed E-state index contributed by atoms with van der Waals surface area (Å²) in [5, 5.41) is 11.3. The number of nitrogens with zero attached hydrogens (tertiary/aromatic N) is 4. The average Bonchev–Trinajstić information content (AvgIpc) is 2.83. The number of hydrogen-bond donors (Lipinski definition) is 1. The summed E-state index contributed by atoms with van der Waals surface area (Å²) in [6.45, 7) is 3.44. The predicted molar refractivity (Wildman–Crippen MR) is 125 cm³/mol. The number of carbonyl (C=O) groups excluding carboxylic acids is 1.